The standard InChI is InChI=1S/C14H20N2/c1-11(2)7-14(9-15)16-10-13-6-4-5-12(3)8-13/h4-6,8,11,14,16H,7,10H2,1-3H3. The fourth-order valence-corrected chi connectivity index (χ4v) is 1.72. The van der Waals surface area contributed by atoms with E-state index < -0.39 is 0 Å². The Morgan fingerprint density at radius 3 is 2.69 bits per heavy atom. The Kier molecular flexibility index (Phi) is 5.01. The van der Waals surface area contributed by atoms with Crippen LogP contribution in [0.3, 0.4) is 0 Å². The van der Waals surface area contributed by atoms with E-state index in [1.54, 1.807) is 0 Å². The van der Waals surface area contributed by atoms with Gasteiger partial charge in [0.25, 0.3) is 0 Å². The Hall–Kier alpha value is -1.33. The highest BCUT2D eigenvalue weighted by molar-refractivity contribution is 5.22. The predicted octanol–water partition coefficient (Wildman–Crippen LogP) is 3.02. The quantitative estimate of drug-likeness (QED) is 0.821. The highest BCUT2D eigenvalue weighted by atomic mass is 14.9. The minimum Gasteiger partial charge on any atom is -0.298 e. The Balaban J connectivity index is 2.47. The topological polar surface area (TPSA) is 35.8 Å². The van der Waals surface area contributed by atoms with E-state index in [-0.39, 0.29) is 6.04 Å². The molecule has 0 bridgehead atoms. The zero-order valence-corrected chi connectivity index (χ0v) is 10.3. The van der Waals surface area contributed by atoms with Crippen LogP contribution in [0.15, 0.2) is 24.3 Å². The summed E-state index contributed by atoms with van der Waals surface area (Å²) in [6, 6.07) is 10.6. The molecule has 2 heteroatoms. The second-order valence-electron chi connectivity index (χ2n) is 4.68. The maximum atomic E-state index is 9.00. The van der Waals surface area contributed by atoms with Crippen molar-refractivity contribution < 1.29 is 0 Å². The molecule has 0 radical (unpaired) electrons. The van der Waals surface area contributed by atoms with Crippen LogP contribution in [0, 0.1) is 24.2 Å². The molecule has 0 aliphatic rings. The van der Waals surface area contributed by atoms with Crippen LogP contribution in [-0.2, 0) is 6.54 Å². The van der Waals surface area contributed by atoms with E-state index in [0.717, 1.165) is 13.0 Å². The third kappa shape index (κ3) is 4.46. The fraction of sp³-hybridized carbons (Fsp3) is 0.500. The second kappa shape index (κ2) is 6.30. The summed E-state index contributed by atoms with van der Waals surface area (Å²) >= 11 is 0. The molecule has 0 saturated carbocycles. The van der Waals surface area contributed by atoms with Crippen molar-refractivity contribution in [1.29, 1.82) is 5.26 Å². The predicted molar refractivity (Wildman–Crippen MR) is 66.9 cm³/mol. The van der Waals surface area contributed by atoms with Gasteiger partial charge in [-0.3, -0.25) is 5.32 Å². The molecular formula is C14H20N2. The third-order valence-corrected chi connectivity index (χ3v) is 2.50. The molecule has 0 heterocycles. The molecule has 86 valence electrons. The average Bonchev–Trinajstić information content (AvgIpc) is 2.24. The van der Waals surface area contributed by atoms with Crippen molar-refractivity contribution in [3.8, 4) is 6.07 Å². The molecule has 0 aliphatic heterocycles. The van der Waals surface area contributed by atoms with E-state index >= 15 is 0 Å². The van der Waals surface area contributed by atoms with Crippen molar-refractivity contribution in [2.24, 2.45) is 5.92 Å². The summed E-state index contributed by atoms with van der Waals surface area (Å²) in [4.78, 5) is 0. The molecular weight excluding hydrogens is 196 g/mol. The lowest BCUT2D eigenvalue weighted by Gasteiger charge is -2.13. The van der Waals surface area contributed by atoms with Crippen LogP contribution in [0.5, 0.6) is 0 Å². The smallest absolute Gasteiger partial charge is 0.0958 e. The number of nitriles is 1. The minimum atomic E-state index is -0.0412. The van der Waals surface area contributed by atoms with Crippen molar-refractivity contribution in [2.45, 2.75) is 39.8 Å². The highest BCUT2D eigenvalue weighted by Gasteiger charge is 2.08. The number of nitrogens with one attached hydrogen (secondary N) is 1. The lowest BCUT2D eigenvalue weighted by molar-refractivity contribution is 0.478. The van der Waals surface area contributed by atoms with Gasteiger partial charge in [0.05, 0.1) is 12.1 Å². The molecule has 16 heavy (non-hydrogen) atoms. The Labute approximate surface area is 98.3 Å². The first-order valence-corrected chi connectivity index (χ1v) is 5.80. The number of hydrogen-bond acceptors (Lipinski definition) is 2. The van der Waals surface area contributed by atoms with Gasteiger partial charge in [-0.05, 0) is 24.8 Å². The Morgan fingerprint density at radius 1 is 1.38 bits per heavy atom. The molecule has 1 aromatic carbocycles. The summed E-state index contributed by atoms with van der Waals surface area (Å²) in [5.74, 6) is 0.551. The van der Waals surface area contributed by atoms with E-state index in [9.17, 15) is 0 Å². The van der Waals surface area contributed by atoms with Crippen molar-refractivity contribution in [2.75, 3.05) is 0 Å². The van der Waals surface area contributed by atoms with E-state index in [0.29, 0.717) is 5.92 Å². The zero-order valence-electron chi connectivity index (χ0n) is 10.3. The van der Waals surface area contributed by atoms with E-state index in [2.05, 4.69) is 56.4 Å². The van der Waals surface area contributed by atoms with Crippen LogP contribution < -0.4 is 5.32 Å². The Morgan fingerprint density at radius 2 is 2.12 bits per heavy atom. The lowest BCUT2D eigenvalue weighted by atomic mass is 10.0. The van der Waals surface area contributed by atoms with Gasteiger partial charge in [-0.15, -0.1) is 0 Å². The molecule has 1 unspecified atom stereocenters. The largest absolute Gasteiger partial charge is 0.298 e. The van der Waals surface area contributed by atoms with Gasteiger partial charge in [0.2, 0.25) is 0 Å². The van der Waals surface area contributed by atoms with Gasteiger partial charge in [0.15, 0.2) is 0 Å². The van der Waals surface area contributed by atoms with Crippen LogP contribution in [0.2, 0.25) is 0 Å². The summed E-state index contributed by atoms with van der Waals surface area (Å²) in [7, 11) is 0. The maximum Gasteiger partial charge on any atom is 0.0958 e. The summed E-state index contributed by atoms with van der Waals surface area (Å²) in [6.07, 6.45) is 0.905. The van der Waals surface area contributed by atoms with Crippen LogP contribution in [0.25, 0.3) is 0 Å². The van der Waals surface area contributed by atoms with Gasteiger partial charge in [0.1, 0.15) is 0 Å². The van der Waals surface area contributed by atoms with Gasteiger partial charge in [0, 0.05) is 6.54 Å². The van der Waals surface area contributed by atoms with Crippen molar-refractivity contribution >= 4 is 0 Å². The number of nitrogens with zero attached hydrogens (tertiary/aromatic N) is 1. The molecule has 0 saturated heterocycles. The summed E-state index contributed by atoms with van der Waals surface area (Å²) in [5.41, 5.74) is 2.50. The van der Waals surface area contributed by atoms with Gasteiger partial charge in [-0.25, -0.2) is 0 Å². The monoisotopic (exact) mass is 216 g/mol. The molecule has 2 nitrogen and oxygen atoms in total. The van der Waals surface area contributed by atoms with Crippen molar-refractivity contribution in [3.05, 3.63) is 35.4 Å². The Bertz CT molecular complexity index is 363. The van der Waals surface area contributed by atoms with Crippen molar-refractivity contribution in [3.63, 3.8) is 0 Å². The van der Waals surface area contributed by atoms with E-state index in [4.69, 9.17) is 5.26 Å². The molecule has 0 aliphatic carbocycles. The summed E-state index contributed by atoms with van der Waals surface area (Å²) in [6.45, 7) is 7.13. The molecule has 1 rings (SSSR count). The fourth-order valence-electron chi connectivity index (χ4n) is 1.72. The van der Waals surface area contributed by atoms with Gasteiger partial charge in [-0.1, -0.05) is 43.7 Å². The molecule has 0 fully saturated rings. The maximum absolute atomic E-state index is 9.00. The number of rotatable bonds is 5. The molecule has 0 amide bonds. The zero-order chi connectivity index (χ0) is 12.0. The van der Waals surface area contributed by atoms with Crippen LogP contribution in [0.1, 0.15) is 31.4 Å². The van der Waals surface area contributed by atoms with Crippen LogP contribution in [-0.4, -0.2) is 6.04 Å². The first-order valence-electron chi connectivity index (χ1n) is 5.80. The molecule has 0 aromatic heterocycles. The number of hydrogen-bond donors (Lipinski definition) is 1. The molecule has 1 N–H and O–H groups in total. The van der Waals surface area contributed by atoms with E-state index in [1.807, 2.05) is 0 Å². The SMILES string of the molecule is Cc1cccc(CNC(C#N)CC(C)C)c1. The lowest BCUT2D eigenvalue weighted by Crippen LogP contribution is -2.28. The van der Waals surface area contributed by atoms with Crippen molar-refractivity contribution in [1.82, 2.24) is 5.32 Å². The normalized spacial score (nSPS) is 12.4. The summed E-state index contributed by atoms with van der Waals surface area (Å²) < 4.78 is 0. The molecule has 1 aromatic rings. The first-order chi connectivity index (χ1) is 7.61. The van der Waals surface area contributed by atoms with E-state index in [1.165, 1.54) is 11.1 Å². The molecule has 1 atom stereocenters. The summed E-state index contributed by atoms with van der Waals surface area (Å²) in [5, 5.41) is 12.3. The van der Waals surface area contributed by atoms with Gasteiger partial charge in [-0.2, -0.15) is 5.26 Å². The number of aryl methyl sites for hydroxylation is 1. The highest BCUT2D eigenvalue weighted by Crippen LogP contribution is 2.07. The van der Waals surface area contributed by atoms with Gasteiger partial charge >= 0.3 is 0 Å². The third-order valence-electron chi connectivity index (χ3n) is 2.50. The molecule has 0 spiro atoms. The first kappa shape index (κ1) is 12.7. The average molecular weight is 216 g/mol. The van der Waals surface area contributed by atoms with Crippen LogP contribution in [0.4, 0.5) is 0 Å². The van der Waals surface area contributed by atoms with Crippen LogP contribution >= 0.6 is 0 Å². The van der Waals surface area contributed by atoms with Gasteiger partial charge < -0.3 is 0 Å². The second-order valence-corrected chi connectivity index (χ2v) is 4.68. The number of benzene rings is 1. The minimum absolute atomic E-state index is 0.0412.